The number of carbonyl (C=O) groups excluding carboxylic acids is 1. The molecule has 0 saturated carbocycles. The van der Waals surface area contributed by atoms with Crippen LogP contribution in [0, 0.1) is 0 Å². The molecule has 1 aliphatic heterocycles. The van der Waals surface area contributed by atoms with E-state index < -0.39 is 6.10 Å². The Labute approximate surface area is 129 Å². The van der Waals surface area contributed by atoms with Gasteiger partial charge in [0, 0.05) is 32.7 Å². The molecule has 22 heavy (non-hydrogen) atoms. The highest BCUT2D eigenvalue weighted by molar-refractivity contribution is 5.93. The van der Waals surface area contributed by atoms with Gasteiger partial charge in [-0.15, -0.1) is 0 Å². The second-order valence-corrected chi connectivity index (χ2v) is 5.64. The summed E-state index contributed by atoms with van der Waals surface area (Å²) < 4.78 is 4.96. The van der Waals surface area contributed by atoms with Gasteiger partial charge in [-0.3, -0.25) is 9.69 Å². The summed E-state index contributed by atoms with van der Waals surface area (Å²) in [5, 5.41) is 10.2. The third-order valence-corrected chi connectivity index (χ3v) is 3.89. The van der Waals surface area contributed by atoms with Crippen LogP contribution in [-0.4, -0.2) is 53.1 Å². The van der Waals surface area contributed by atoms with Crippen LogP contribution in [0.2, 0.25) is 0 Å². The number of aliphatic hydroxyl groups excluding tert-OH is 1. The van der Waals surface area contributed by atoms with Crippen LogP contribution >= 0.6 is 0 Å². The molecule has 1 aromatic heterocycles. The molecule has 0 radical (unpaired) electrons. The Morgan fingerprint density at radius 3 is 2.73 bits per heavy atom. The Hall–Kier alpha value is -2.11. The average Bonchev–Trinajstić information content (AvgIpc) is 2.99. The second kappa shape index (κ2) is 6.77. The first kappa shape index (κ1) is 14.8. The first-order chi connectivity index (χ1) is 10.7. The van der Waals surface area contributed by atoms with Crippen molar-refractivity contribution in [2.45, 2.75) is 12.6 Å². The minimum atomic E-state index is -0.540. The summed E-state index contributed by atoms with van der Waals surface area (Å²) in [4.78, 5) is 16.2. The average molecular weight is 300 g/mol. The van der Waals surface area contributed by atoms with Crippen molar-refractivity contribution < 1.29 is 14.3 Å². The normalized spacial score (nSPS) is 19.9. The van der Waals surface area contributed by atoms with E-state index in [1.165, 1.54) is 18.1 Å². The number of furan rings is 1. The minimum Gasteiger partial charge on any atom is -0.472 e. The van der Waals surface area contributed by atoms with Gasteiger partial charge in [0.2, 0.25) is 0 Å². The van der Waals surface area contributed by atoms with E-state index in [0.717, 1.165) is 13.1 Å². The van der Waals surface area contributed by atoms with Crippen LogP contribution in [-0.2, 0) is 6.54 Å². The van der Waals surface area contributed by atoms with Gasteiger partial charge in [0.25, 0.3) is 5.91 Å². The summed E-state index contributed by atoms with van der Waals surface area (Å²) in [6.07, 6.45) is 2.40. The van der Waals surface area contributed by atoms with Crippen molar-refractivity contribution in [2.24, 2.45) is 0 Å². The van der Waals surface area contributed by atoms with Crippen LogP contribution in [0.3, 0.4) is 0 Å². The lowest BCUT2D eigenvalue weighted by Crippen LogP contribution is -2.37. The molecule has 5 heteroatoms. The van der Waals surface area contributed by atoms with Gasteiger partial charge in [-0.1, -0.05) is 30.3 Å². The number of β-amino-alcohol motifs (C(OH)–C–C–N with tert-alkyl or cyclic N) is 1. The number of hydrogen-bond acceptors (Lipinski definition) is 4. The van der Waals surface area contributed by atoms with Crippen LogP contribution in [0.1, 0.15) is 15.9 Å². The molecule has 0 aliphatic carbocycles. The molecular formula is C17H20N2O3. The van der Waals surface area contributed by atoms with Gasteiger partial charge in [0.15, 0.2) is 0 Å². The van der Waals surface area contributed by atoms with Gasteiger partial charge >= 0.3 is 0 Å². The fraction of sp³-hybridized carbons (Fsp3) is 0.353. The predicted molar refractivity (Wildman–Crippen MR) is 82.3 cm³/mol. The zero-order chi connectivity index (χ0) is 15.4. The van der Waals surface area contributed by atoms with Crippen LogP contribution < -0.4 is 0 Å². The van der Waals surface area contributed by atoms with Crippen LogP contribution in [0.25, 0.3) is 0 Å². The molecule has 1 N–H and O–H groups in total. The van der Waals surface area contributed by atoms with Crippen molar-refractivity contribution in [1.82, 2.24) is 9.80 Å². The fourth-order valence-electron chi connectivity index (χ4n) is 2.79. The molecule has 116 valence electrons. The van der Waals surface area contributed by atoms with E-state index in [1.807, 2.05) is 18.2 Å². The molecule has 1 amide bonds. The molecule has 5 nitrogen and oxygen atoms in total. The van der Waals surface area contributed by atoms with Gasteiger partial charge in [-0.05, 0) is 11.6 Å². The van der Waals surface area contributed by atoms with Gasteiger partial charge < -0.3 is 14.4 Å². The molecule has 0 bridgehead atoms. The largest absolute Gasteiger partial charge is 0.472 e. The van der Waals surface area contributed by atoms with Crippen molar-refractivity contribution in [3.63, 3.8) is 0 Å². The molecule has 2 heterocycles. The Kier molecular flexibility index (Phi) is 4.56. The molecule has 1 aliphatic rings. The van der Waals surface area contributed by atoms with Crippen LogP contribution in [0.5, 0.6) is 0 Å². The zero-order valence-electron chi connectivity index (χ0n) is 12.4. The Balaban J connectivity index is 1.64. The summed E-state index contributed by atoms with van der Waals surface area (Å²) in [5.74, 6) is -0.0886. The van der Waals surface area contributed by atoms with Crippen molar-refractivity contribution in [1.29, 1.82) is 0 Å². The summed E-state index contributed by atoms with van der Waals surface area (Å²) in [6, 6.07) is 11.8. The molecule has 0 spiro atoms. The van der Waals surface area contributed by atoms with E-state index in [4.69, 9.17) is 4.42 Å². The standard InChI is InChI=1S/C17H20N2O3/c20-16-11-18(10-14-4-2-1-3-5-14)7-8-19(12-16)17(21)15-6-9-22-13-15/h1-6,9,13,16,20H,7-8,10-12H2/t16-/m1/s1. The van der Waals surface area contributed by atoms with Crippen molar-refractivity contribution in [2.75, 3.05) is 26.2 Å². The summed E-state index contributed by atoms with van der Waals surface area (Å²) in [5.41, 5.74) is 1.74. The van der Waals surface area contributed by atoms with Gasteiger partial charge in [-0.25, -0.2) is 0 Å². The van der Waals surface area contributed by atoms with E-state index in [9.17, 15) is 9.90 Å². The van der Waals surface area contributed by atoms with E-state index in [-0.39, 0.29) is 5.91 Å². The van der Waals surface area contributed by atoms with E-state index >= 15 is 0 Å². The lowest BCUT2D eigenvalue weighted by Gasteiger charge is -2.21. The third kappa shape index (κ3) is 3.55. The monoisotopic (exact) mass is 300 g/mol. The SMILES string of the molecule is O=C(c1ccoc1)N1CCN(Cc2ccccc2)C[C@@H](O)C1. The van der Waals surface area contributed by atoms with Crippen molar-refractivity contribution in [3.05, 3.63) is 60.1 Å². The van der Waals surface area contributed by atoms with Crippen LogP contribution in [0.4, 0.5) is 0 Å². The quantitative estimate of drug-likeness (QED) is 0.935. The predicted octanol–water partition coefficient (Wildman–Crippen LogP) is 1.60. The highest BCUT2D eigenvalue weighted by Gasteiger charge is 2.25. The number of carbonyl (C=O) groups is 1. The molecule has 3 rings (SSSR count). The maximum absolute atomic E-state index is 12.4. The fourth-order valence-corrected chi connectivity index (χ4v) is 2.79. The zero-order valence-corrected chi connectivity index (χ0v) is 12.4. The van der Waals surface area contributed by atoms with E-state index in [2.05, 4.69) is 17.0 Å². The second-order valence-electron chi connectivity index (χ2n) is 5.64. The van der Waals surface area contributed by atoms with Crippen molar-refractivity contribution in [3.8, 4) is 0 Å². The third-order valence-electron chi connectivity index (χ3n) is 3.89. The highest BCUT2D eigenvalue weighted by atomic mass is 16.3. The Morgan fingerprint density at radius 2 is 2.00 bits per heavy atom. The molecular weight excluding hydrogens is 280 g/mol. The summed E-state index contributed by atoms with van der Waals surface area (Å²) in [6.45, 7) is 3.06. The summed E-state index contributed by atoms with van der Waals surface area (Å²) >= 11 is 0. The number of amides is 1. The van der Waals surface area contributed by atoms with Gasteiger partial charge in [0.05, 0.1) is 17.9 Å². The number of hydrogen-bond donors (Lipinski definition) is 1. The van der Waals surface area contributed by atoms with E-state index in [0.29, 0.717) is 25.2 Å². The number of nitrogens with zero attached hydrogens (tertiary/aromatic N) is 2. The van der Waals surface area contributed by atoms with E-state index in [1.54, 1.807) is 11.0 Å². The maximum atomic E-state index is 12.4. The van der Waals surface area contributed by atoms with Crippen LogP contribution in [0.15, 0.2) is 53.3 Å². The smallest absolute Gasteiger partial charge is 0.257 e. The van der Waals surface area contributed by atoms with Gasteiger partial charge in [-0.2, -0.15) is 0 Å². The number of rotatable bonds is 3. The minimum absolute atomic E-state index is 0.0886. The Morgan fingerprint density at radius 1 is 1.18 bits per heavy atom. The number of benzene rings is 1. The van der Waals surface area contributed by atoms with Crippen molar-refractivity contribution >= 4 is 5.91 Å². The molecule has 1 aromatic carbocycles. The molecule has 1 atom stereocenters. The highest BCUT2D eigenvalue weighted by Crippen LogP contribution is 2.12. The molecule has 2 aromatic rings. The summed E-state index contributed by atoms with van der Waals surface area (Å²) in [7, 11) is 0. The molecule has 1 fully saturated rings. The molecule has 1 saturated heterocycles. The topological polar surface area (TPSA) is 56.9 Å². The lowest BCUT2D eigenvalue weighted by molar-refractivity contribution is 0.0662. The Bertz CT molecular complexity index is 598. The van der Waals surface area contributed by atoms with Gasteiger partial charge in [0.1, 0.15) is 6.26 Å². The lowest BCUT2D eigenvalue weighted by atomic mass is 10.2. The first-order valence-electron chi connectivity index (χ1n) is 7.48. The maximum Gasteiger partial charge on any atom is 0.257 e. The number of aliphatic hydroxyl groups is 1. The molecule has 0 unspecified atom stereocenters. The first-order valence-corrected chi connectivity index (χ1v) is 7.48.